The lowest BCUT2D eigenvalue weighted by atomic mass is 10.1. The van der Waals surface area contributed by atoms with Crippen molar-refractivity contribution in [3.63, 3.8) is 0 Å². The number of anilines is 1. The third-order valence-electron chi connectivity index (χ3n) is 3.96. The highest BCUT2D eigenvalue weighted by Gasteiger charge is 2.15. The molecule has 0 unspecified atom stereocenters. The summed E-state index contributed by atoms with van der Waals surface area (Å²) in [7, 11) is 1.50. The van der Waals surface area contributed by atoms with Crippen molar-refractivity contribution in [1.29, 1.82) is 0 Å². The van der Waals surface area contributed by atoms with Crippen molar-refractivity contribution >= 4 is 17.6 Å². The van der Waals surface area contributed by atoms with Crippen molar-refractivity contribution in [2.24, 2.45) is 5.92 Å². The Bertz CT molecular complexity index is 845. The fourth-order valence-corrected chi connectivity index (χ4v) is 2.52. The van der Waals surface area contributed by atoms with Crippen LogP contribution in [0.1, 0.15) is 35.3 Å². The number of hydrogen-bond donors (Lipinski definition) is 1. The van der Waals surface area contributed by atoms with Crippen molar-refractivity contribution in [1.82, 2.24) is 0 Å². The maximum Gasteiger partial charge on any atom is 0.338 e. The summed E-state index contributed by atoms with van der Waals surface area (Å²) in [6.45, 7) is 8.14. The molecule has 1 N–H and O–H groups in total. The van der Waals surface area contributed by atoms with E-state index in [-0.39, 0.29) is 12.2 Å². The number of benzene rings is 2. The van der Waals surface area contributed by atoms with Gasteiger partial charge in [0.05, 0.1) is 19.3 Å². The van der Waals surface area contributed by atoms with Crippen LogP contribution in [0.3, 0.4) is 0 Å². The normalized spacial score (nSPS) is 10.5. The summed E-state index contributed by atoms with van der Waals surface area (Å²) in [5.74, 6) is 0.355. The van der Waals surface area contributed by atoms with Crippen molar-refractivity contribution in [3.05, 3.63) is 53.1 Å². The fraction of sp³-hybridized carbons (Fsp3) is 0.364. The Morgan fingerprint density at radius 2 is 1.79 bits per heavy atom. The van der Waals surface area contributed by atoms with Gasteiger partial charge in [-0.3, -0.25) is 4.79 Å². The van der Waals surface area contributed by atoms with Crippen molar-refractivity contribution in [3.8, 4) is 11.5 Å². The third-order valence-corrected chi connectivity index (χ3v) is 3.96. The van der Waals surface area contributed by atoms with Gasteiger partial charge in [0.25, 0.3) is 5.91 Å². The third kappa shape index (κ3) is 6.01. The number of amides is 1. The summed E-state index contributed by atoms with van der Waals surface area (Å²) in [5, 5.41) is 2.74. The molecule has 1 amide bonds. The van der Waals surface area contributed by atoms with Gasteiger partial charge in [-0.05, 0) is 49.6 Å². The summed E-state index contributed by atoms with van der Waals surface area (Å²) in [6.07, 6.45) is 0. The predicted molar refractivity (Wildman–Crippen MR) is 108 cm³/mol. The van der Waals surface area contributed by atoms with Gasteiger partial charge < -0.3 is 19.5 Å². The lowest BCUT2D eigenvalue weighted by Gasteiger charge is -2.13. The molecule has 2 aromatic carbocycles. The SMILES string of the molecule is COc1cc(C(=O)OCC(=O)Nc2ccc(C)cc2C)ccc1OCC(C)C. The number of carbonyl (C=O) groups is 2. The Labute approximate surface area is 165 Å². The van der Waals surface area contributed by atoms with E-state index in [1.807, 2.05) is 45.9 Å². The van der Waals surface area contributed by atoms with E-state index in [0.29, 0.717) is 29.7 Å². The smallest absolute Gasteiger partial charge is 0.338 e. The predicted octanol–water partition coefficient (Wildman–Crippen LogP) is 4.14. The molecule has 150 valence electrons. The molecule has 28 heavy (non-hydrogen) atoms. The first-order chi connectivity index (χ1) is 13.3. The second-order valence-electron chi connectivity index (χ2n) is 7.01. The summed E-state index contributed by atoms with van der Waals surface area (Å²) >= 11 is 0. The molecule has 0 fully saturated rings. The van der Waals surface area contributed by atoms with Crippen molar-refractivity contribution in [2.45, 2.75) is 27.7 Å². The Morgan fingerprint density at radius 3 is 2.43 bits per heavy atom. The summed E-state index contributed by atoms with van der Waals surface area (Å²) < 4.78 is 16.1. The summed E-state index contributed by atoms with van der Waals surface area (Å²) in [4.78, 5) is 24.3. The van der Waals surface area contributed by atoms with Gasteiger partial charge in [-0.2, -0.15) is 0 Å². The molecule has 0 spiro atoms. The zero-order chi connectivity index (χ0) is 20.7. The van der Waals surface area contributed by atoms with E-state index in [1.165, 1.54) is 7.11 Å². The average Bonchev–Trinajstić information content (AvgIpc) is 2.66. The van der Waals surface area contributed by atoms with E-state index in [1.54, 1.807) is 18.2 Å². The maximum absolute atomic E-state index is 12.3. The van der Waals surface area contributed by atoms with E-state index in [2.05, 4.69) is 5.32 Å². The highest BCUT2D eigenvalue weighted by molar-refractivity contribution is 5.96. The van der Waals surface area contributed by atoms with Crippen molar-refractivity contribution in [2.75, 3.05) is 25.6 Å². The second kappa shape index (κ2) is 9.78. The maximum atomic E-state index is 12.3. The Hall–Kier alpha value is -3.02. The topological polar surface area (TPSA) is 73.9 Å². The standard InChI is InChI=1S/C22H27NO5/c1-14(2)12-27-19-9-7-17(11-20(19)26-5)22(25)28-13-21(24)23-18-8-6-15(3)10-16(18)4/h6-11,14H,12-13H2,1-5H3,(H,23,24). The highest BCUT2D eigenvalue weighted by atomic mass is 16.5. The fourth-order valence-electron chi connectivity index (χ4n) is 2.52. The van der Waals surface area contributed by atoms with Crippen LogP contribution in [-0.4, -0.2) is 32.2 Å². The van der Waals surface area contributed by atoms with Crippen LogP contribution in [0.2, 0.25) is 0 Å². The van der Waals surface area contributed by atoms with Gasteiger partial charge in [0, 0.05) is 5.69 Å². The molecular formula is C22H27NO5. The Balaban J connectivity index is 1.95. The number of nitrogens with one attached hydrogen (secondary N) is 1. The Morgan fingerprint density at radius 1 is 1.04 bits per heavy atom. The van der Waals surface area contributed by atoms with Gasteiger partial charge in [-0.25, -0.2) is 4.79 Å². The zero-order valence-corrected chi connectivity index (χ0v) is 17.0. The van der Waals surface area contributed by atoms with Gasteiger partial charge in [0.1, 0.15) is 0 Å². The quantitative estimate of drug-likeness (QED) is 0.691. The van der Waals surface area contributed by atoms with E-state index in [0.717, 1.165) is 11.1 Å². The first-order valence-corrected chi connectivity index (χ1v) is 9.15. The van der Waals surface area contributed by atoms with E-state index in [9.17, 15) is 9.59 Å². The van der Waals surface area contributed by atoms with Gasteiger partial charge in [-0.15, -0.1) is 0 Å². The summed E-state index contributed by atoms with van der Waals surface area (Å²) in [5.41, 5.74) is 3.03. The molecular weight excluding hydrogens is 358 g/mol. The van der Waals surface area contributed by atoms with Crippen LogP contribution in [0, 0.1) is 19.8 Å². The van der Waals surface area contributed by atoms with Crippen LogP contribution in [0.15, 0.2) is 36.4 Å². The van der Waals surface area contributed by atoms with Crippen LogP contribution in [-0.2, 0) is 9.53 Å². The van der Waals surface area contributed by atoms with Crippen molar-refractivity contribution < 1.29 is 23.8 Å². The first kappa shape index (κ1) is 21.3. The lowest BCUT2D eigenvalue weighted by molar-refractivity contribution is -0.119. The molecule has 0 bridgehead atoms. The average molecular weight is 385 g/mol. The number of aryl methyl sites for hydroxylation is 2. The molecule has 6 heteroatoms. The van der Waals surface area contributed by atoms with Crippen LogP contribution in [0.4, 0.5) is 5.69 Å². The minimum atomic E-state index is -0.607. The number of carbonyl (C=O) groups excluding carboxylic acids is 2. The van der Waals surface area contributed by atoms with Crippen LogP contribution in [0.5, 0.6) is 11.5 Å². The molecule has 6 nitrogen and oxygen atoms in total. The van der Waals surface area contributed by atoms with Gasteiger partial charge >= 0.3 is 5.97 Å². The number of rotatable bonds is 8. The van der Waals surface area contributed by atoms with E-state index >= 15 is 0 Å². The molecule has 0 saturated carbocycles. The monoisotopic (exact) mass is 385 g/mol. The van der Waals surface area contributed by atoms with Crippen LogP contribution < -0.4 is 14.8 Å². The molecule has 0 aliphatic heterocycles. The zero-order valence-electron chi connectivity index (χ0n) is 17.0. The molecule has 0 atom stereocenters. The first-order valence-electron chi connectivity index (χ1n) is 9.15. The highest BCUT2D eigenvalue weighted by Crippen LogP contribution is 2.28. The molecule has 2 aromatic rings. The minimum Gasteiger partial charge on any atom is -0.493 e. The minimum absolute atomic E-state index is 0.285. The number of ether oxygens (including phenoxy) is 3. The molecule has 0 aromatic heterocycles. The largest absolute Gasteiger partial charge is 0.493 e. The lowest BCUT2D eigenvalue weighted by Crippen LogP contribution is -2.21. The molecule has 0 aliphatic rings. The Kier molecular flexibility index (Phi) is 7.44. The number of methoxy groups -OCH3 is 1. The molecule has 0 heterocycles. The number of esters is 1. The van der Waals surface area contributed by atoms with Crippen LogP contribution in [0.25, 0.3) is 0 Å². The van der Waals surface area contributed by atoms with E-state index in [4.69, 9.17) is 14.2 Å². The molecule has 0 aliphatic carbocycles. The summed E-state index contributed by atoms with van der Waals surface area (Å²) in [6, 6.07) is 10.5. The second-order valence-corrected chi connectivity index (χ2v) is 7.01. The van der Waals surface area contributed by atoms with Gasteiger partial charge in [0.15, 0.2) is 18.1 Å². The van der Waals surface area contributed by atoms with E-state index < -0.39 is 11.9 Å². The van der Waals surface area contributed by atoms with Gasteiger partial charge in [-0.1, -0.05) is 31.5 Å². The molecule has 0 radical (unpaired) electrons. The van der Waals surface area contributed by atoms with Gasteiger partial charge in [0.2, 0.25) is 0 Å². The number of hydrogen-bond acceptors (Lipinski definition) is 5. The van der Waals surface area contributed by atoms with Crippen LogP contribution >= 0.6 is 0 Å². The molecule has 0 saturated heterocycles. The molecule has 2 rings (SSSR count).